The lowest BCUT2D eigenvalue weighted by molar-refractivity contribution is -0.284. The van der Waals surface area contributed by atoms with Gasteiger partial charge in [-0.2, -0.15) is 0 Å². The Hall–Kier alpha value is -11.2. The molecule has 7 aliphatic heterocycles. The fourth-order valence-electron chi connectivity index (χ4n) is 12.1. The van der Waals surface area contributed by atoms with Crippen molar-refractivity contribution >= 4 is 70.5 Å². The van der Waals surface area contributed by atoms with Gasteiger partial charge >= 0.3 is 5.97 Å². The third kappa shape index (κ3) is 13.5. The van der Waals surface area contributed by atoms with Crippen molar-refractivity contribution in [1.82, 2.24) is 37.2 Å². The van der Waals surface area contributed by atoms with E-state index in [-0.39, 0.29) is 62.3 Å². The van der Waals surface area contributed by atoms with Crippen LogP contribution in [0.15, 0.2) is 115 Å². The number of ether oxygens (including phenoxy) is 5. The number of aliphatic hydroxyl groups is 3. The molecule has 99 heavy (non-hydrogen) atoms. The highest BCUT2D eigenvalue weighted by Gasteiger charge is 2.49. The molecule has 0 aromatic heterocycles. The summed E-state index contributed by atoms with van der Waals surface area (Å²) in [6, 6.07) is 4.95. The molecule has 0 aliphatic carbocycles. The monoisotopic (exact) mass is 1400 g/mol. The van der Waals surface area contributed by atoms with Gasteiger partial charge < -0.3 is 118 Å². The standard InChI is InChI=1S/C66H58Cl2N8O23/c1-23(78)70-53-57(86)56(85)46(22-77)98-66(53)99-58-27-5-9-42(36(68)15-27)97-45-18-29-17-44(55(45)84)96-41-8-2-24(10-35(41)67)11-37-59(87)72-50(28-12-30(79)19-32(13-28)95-43-16-25(3-7-39(43)82)48(69)60(88)71-37)62(90)74-51(29)63(91)73-49-26-4-6-38(81)33(14-26)47-34(20-31(80)21-40(47)83)52(65(93)94)75-64(92)54(58)76-61(49)89/h2-10,12-21,37,46,48-54,56-58,66,77,79-86H,11,22,69H2,1H3,(H,70,78)(H,71,88)(H,72,87)(H,73,91)(H,74,90)(H,75,92)(H,76,89)(H,93,94)/t37-,46-,48-,49-,50+,51-,52+,53-,54+,56-,57-,58-,66+/m1/s1. The molecule has 514 valence electrons. The first-order valence-electron chi connectivity index (χ1n) is 30.0. The number of hydrogen-bond donors (Lipinski definition) is 18. The maximum absolute atomic E-state index is 16.1. The molecule has 7 aromatic carbocycles. The third-order valence-electron chi connectivity index (χ3n) is 17.0. The minimum absolute atomic E-state index is 0.0913. The van der Waals surface area contributed by atoms with Crippen LogP contribution in [0, 0.1) is 0 Å². The summed E-state index contributed by atoms with van der Waals surface area (Å²) in [5.74, 6) is -17.0. The zero-order chi connectivity index (χ0) is 70.7. The Kier molecular flexibility index (Phi) is 18.5. The molecule has 1 fully saturated rings. The van der Waals surface area contributed by atoms with Crippen LogP contribution in [0.3, 0.4) is 0 Å². The minimum Gasteiger partial charge on any atom is -0.508 e. The fourth-order valence-corrected chi connectivity index (χ4v) is 12.6. The van der Waals surface area contributed by atoms with Crippen molar-refractivity contribution in [3.05, 3.63) is 164 Å². The number of aromatic hydroxyl groups is 6. The molecule has 13 atom stereocenters. The first-order chi connectivity index (χ1) is 47.1. The van der Waals surface area contributed by atoms with E-state index in [1.54, 1.807) is 0 Å². The van der Waals surface area contributed by atoms with Crippen LogP contribution in [0.25, 0.3) is 11.1 Å². The lowest BCUT2D eigenvalue weighted by Crippen LogP contribution is -2.65. The normalized spacial score (nSPS) is 25.2. The molecule has 7 aromatic rings. The van der Waals surface area contributed by atoms with Gasteiger partial charge in [0.05, 0.1) is 16.7 Å². The number of rotatable bonds is 5. The van der Waals surface area contributed by atoms with Gasteiger partial charge in [-0.1, -0.05) is 47.5 Å². The van der Waals surface area contributed by atoms with Gasteiger partial charge in [0.15, 0.2) is 35.3 Å². The number of aliphatic hydroxyl groups excluding tert-OH is 3. The summed E-state index contributed by atoms with van der Waals surface area (Å²) in [5, 5.41) is 130. The van der Waals surface area contributed by atoms with Gasteiger partial charge in [-0.15, -0.1) is 0 Å². The van der Waals surface area contributed by atoms with Crippen LogP contribution in [0.4, 0.5) is 0 Å². The van der Waals surface area contributed by atoms with Crippen LogP contribution >= 0.6 is 23.2 Å². The van der Waals surface area contributed by atoms with E-state index in [0.717, 1.165) is 73.7 Å². The van der Waals surface area contributed by atoms with Gasteiger partial charge in [0.2, 0.25) is 47.1 Å². The van der Waals surface area contributed by atoms with E-state index in [9.17, 15) is 65.4 Å². The lowest BCUT2D eigenvalue weighted by Gasteiger charge is -2.44. The number of aliphatic carboxylic acids is 1. The molecule has 0 unspecified atom stereocenters. The zero-order valence-electron chi connectivity index (χ0n) is 51.0. The number of phenols is 6. The predicted octanol–water partition coefficient (Wildman–Crippen LogP) is 2.95. The van der Waals surface area contributed by atoms with Crippen LogP contribution in [0.2, 0.25) is 10.0 Å². The van der Waals surface area contributed by atoms with Gasteiger partial charge in [0.1, 0.15) is 107 Å². The molecule has 7 amide bonds. The minimum atomic E-state index is -2.38. The molecule has 19 N–H and O–H groups in total. The number of carbonyl (C=O) groups excluding carboxylic acids is 7. The molecule has 7 aliphatic rings. The maximum Gasteiger partial charge on any atom is 0.330 e. The van der Waals surface area contributed by atoms with Crippen LogP contribution in [-0.2, 0) is 54.3 Å². The smallest absolute Gasteiger partial charge is 0.330 e. The Balaban J connectivity index is 1.10. The zero-order valence-corrected chi connectivity index (χ0v) is 52.5. The topological polar surface area (TPSA) is 495 Å². The Labute approximate surface area is 567 Å². The molecule has 31 nitrogen and oxygen atoms in total. The van der Waals surface area contributed by atoms with Crippen LogP contribution < -0.4 is 57.2 Å². The summed E-state index contributed by atoms with van der Waals surface area (Å²) >= 11 is 14.0. The van der Waals surface area contributed by atoms with E-state index >= 15 is 24.0 Å². The van der Waals surface area contributed by atoms with Crippen molar-refractivity contribution in [1.29, 1.82) is 0 Å². The van der Waals surface area contributed by atoms with E-state index in [1.165, 1.54) is 48.5 Å². The Morgan fingerprint density at radius 2 is 1.17 bits per heavy atom. The lowest BCUT2D eigenvalue weighted by atomic mass is 9.89. The van der Waals surface area contributed by atoms with E-state index in [0.29, 0.717) is 0 Å². The number of nitrogens with two attached hydrogens (primary N) is 1. The molecule has 0 spiro atoms. The van der Waals surface area contributed by atoms with E-state index in [4.69, 9.17) is 52.6 Å². The van der Waals surface area contributed by atoms with Crippen molar-refractivity contribution in [2.24, 2.45) is 5.73 Å². The van der Waals surface area contributed by atoms with E-state index in [1.807, 2.05) is 0 Å². The number of fused-ring (bicyclic) bond motifs is 14. The van der Waals surface area contributed by atoms with Gasteiger partial charge in [-0.05, 0) is 112 Å². The molecule has 1 saturated heterocycles. The number of carbonyl (C=O) groups is 8. The fraction of sp³-hybridized carbons (Fsp3) is 0.242. The largest absolute Gasteiger partial charge is 0.508 e. The highest BCUT2D eigenvalue weighted by molar-refractivity contribution is 6.32. The number of benzene rings is 7. The van der Waals surface area contributed by atoms with Crippen molar-refractivity contribution in [3.8, 4) is 80.1 Å². The molecule has 14 rings (SSSR count). The highest BCUT2D eigenvalue weighted by atomic mass is 35.5. The molecule has 17 bridgehead atoms. The average Bonchev–Trinajstić information content (AvgIpc) is 0.768. The number of amides is 7. The first kappa shape index (κ1) is 67.8. The Morgan fingerprint density at radius 1 is 0.576 bits per heavy atom. The molecular formula is C66H58Cl2N8O23. The molecule has 33 heteroatoms. The quantitative estimate of drug-likeness (QED) is 0.118. The van der Waals surface area contributed by atoms with Gasteiger partial charge in [0.25, 0.3) is 0 Å². The molecule has 0 saturated carbocycles. The second kappa shape index (κ2) is 27.0. The second-order valence-electron chi connectivity index (χ2n) is 23.6. The summed E-state index contributed by atoms with van der Waals surface area (Å²) in [5.41, 5.74) is 3.85. The summed E-state index contributed by atoms with van der Waals surface area (Å²) in [6.07, 6.45) is -10.2. The molecule has 0 radical (unpaired) electrons. The molecule has 7 heterocycles. The van der Waals surface area contributed by atoms with Crippen LogP contribution in [0.1, 0.15) is 82.2 Å². The van der Waals surface area contributed by atoms with E-state index < -0.39 is 206 Å². The second-order valence-corrected chi connectivity index (χ2v) is 24.5. The highest BCUT2D eigenvalue weighted by Crippen LogP contribution is 2.49. The number of hydrogen-bond acceptors (Lipinski definition) is 23. The average molecular weight is 1400 g/mol. The summed E-state index contributed by atoms with van der Waals surface area (Å²) < 4.78 is 31.1. The van der Waals surface area contributed by atoms with Gasteiger partial charge in [-0.25, -0.2) is 4.79 Å². The van der Waals surface area contributed by atoms with Crippen molar-refractivity contribution in [3.63, 3.8) is 0 Å². The predicted molar refractivity (Wildman–Crippen MR) is 339 cm³/mol. The number of carboxylic acid groups (broad SMARTS) is 1. The summed E-state index contributed by atoms with van der Waals surface area (Å²) in [7, 11) is 0. The van der Waals surface area contributed by atoms with Gasteiger partial charge in [0, 0.05) is 42.2 Å². The Morgan fingerprint density at radius 3 is 1.83 bits per heavy atom. The van der Waals surface area contributed by atoms with Crippen molar-refractivity contribution in [2.45, 2.75) is 92.4 Å². The van der Waals surface area contributed by atoms with Crippen molar-refractivity contribution in [2.75, 3.05) is 6.61 Å². The molecular weight excluding hydrogens is 1340 g/mol. The number of halogens is 2. The summed E-state index contributed by atoms with van der Waals surface area (Å²) in [4.78, 5) is 119. The van der Waals surface area contributed by atoms with Crippen molar-refractivity contribution < 1.29 is 113 Å². The SMILES string of the molecule is CC(=O)N[C@H]1[C@H](O[C@@H]2c3ccc(c(Cl)c3)Oc3cc4cc(c3O)Oc3ccc(cc3Cl)C[C@H]3NC(=O)[C@H](N)c5ccc(O)c(c5)Oc5cc(O)cc(c5)[C@H](NC3=O)C(=O)N[C@H]4C(=O)N[C@H]3C(=O)N[C@@H]2C(=O)N[C@H](C(=O)O)c2cc(O)cc(O)c2-c2cc3ccc2O)O[C@H](CO)[C@@H](O)[C@@H]1O. The van der Waals surface area contributed by atoms with Crippen LogP contribution in [0.5, 0.6) is 69.0 Å². The number of carboxylic acids is 1. The first-order valence-corrected chi connectivity index (χ1v) is 30.8. The maximum atomic E-state index is 16.1. The summed E-state index contributed by atoms with van der Waals surface area (Å²) in [6.45, 7) is 0.0228. The number of phenolic OH excluding ortho intramolecular Hbond substituents is 6. The Bertz CT molecular complexity index is 4520. The van der Waals surface area contributed by atoms with Crippen LogP contribution in [-0.4, -0.2) is 148 Å². The van der Waals surface area contributed by atoms with E-state index in [2.05, 4.69) is 37.2 Å². The van der Waals surface area contributed by atoms with Gasteiger partial charge in [-0.3, -0.25) is 33.6 Å². The third-order valence-corrected chi connectivity index (χ3v) is 17.5. The number of nitrogens with one attached hydrogen (secondary N) is 7.